The van der Waals surface area contributed by atoms with Crippen LogP contribution in [0.5, 0.6) is 11.5 Å². The Morgan fingerprint density at radius 3 is 1.91 bits per heavy atom. The molecule has 76 heavy (non-hydrogen) atoms. The van der Waals surface area contributed by atoms with Gasteiger partial charge in [0.15, 0.2) is 0 Å². The van der Waals surface area contributed by atoms with Crippen LogP contribution in [-0.4, -0.2) is 18.7 Å². The van der Waals surface area contributed by atoms with Gasteiger partial charge in [0, 0.05) is 42.6 Å². The summed E-state index contributed by atoms with van der Waals surface area (Å²) in [5.74, 6) is 0.826. The van der Waals surface area contributed by atoms with Crippen molar-refractivity contribution < 1.29 is 29.9 Å². The van der Waals surface area contributed by atoms with E-state index in [4.69, 9.17) is 22.1 Å². The number of fused-ring (bicyclic) bond motifs is 7. The highest BCUT2D eigenvalue weighted by Crippen LogP contribution is 2.44. The molecule has 0 spiro atoms. The van der Waals surface area contributed by atoms with Gasteiger partial charge in [-0.2, -0.15) is 0 Å². The Labute approximate surface area is 465 Å². The molecule has 0 unspecified atom stereocenters. The van der Waals surface area contributed by atoms with E-state index in [1.165, 1.54) is 17.7 Å². The maximum Gasteiger partial charge on any atom is 0.269 e. The zero-order valence-corrected chi connectivity index (χ0v) is 42.9. The van der Waals surface area contributed by atoms with Crippen molar-refractivity contribution in [3.05, 3.63) is 241 Å². The van der Waals surface area contributed by atoms with Crippen molar-refractivity contribution in [2.75, 3.05) is 0 Å². The third-order valence-corrected chi connectivity index (χ3v) is 14.1. The summed E-state index contributed by atoms with van der Waals surface area (Å²) in [7, 11) is 0. The summed E-state index contributed by atoms with van der Waals surface area (Å²) in [4.78, 5) is 4.78. The van der Waals surface area contributed by atoms with Gasteiger partial charge in [-0.25, -0.2) is 4.98 Å². The molecule has 0 saturated heterocycles. The summed E-state index contributed by atoms with van der Waals surface area (Å²) in [6.45, 7) is 14.4. The second-order valence-electron chi connectivity index (χ2n) is 21.0. The highest BCUT2D eigenvalue weighted by Gasteiger charge is 2.26. The highest BCUT2D eigenvalue weighted by atomic mass is 16.5. The summed E-state index contributed by atoms with van der Waals surface area (Å²) in [5.41, 5.74) is 7.45. The first-order valence-electron chi connectivity index (χ1n) is 32.6. The molecule has 9 aromatic carbocycles. The van der Waals surface area contributed by atoms with Crippen LogP contribution in [0.2, 0.25) is 0 Å². The number of aromatic nitrogens is 5. The van der Waals surface area contributed by atoms with Crippen LogP contribution < -0.4 is 9.30 Å². The van der Waals surface area contributed by atoms with Crippen molar-refractivity contribution >= 4 is 54.6 Å². The molecule has 0 N–H and O–H groups in total. The second kappa shape index (κ2) is 18.1. The summed E-state index contributed by atoms with van der Waals surface area (Å²) >= 11 is 0. The van der Waals surface area contributed by atoms with Crippen LogP contribution in [0, 0.1) is 6.33 Å². The molecule has 13 aromatic rings. The summed E-state index contributed by atoms with van der Waals surface area (Å²) in [6, 6.07) is 34.7. The van der Waals surface area contributed by atoms with Crippen LogP contribution in [0.1, 0.15) is 85.7 Å². The molecule has 4 heterocycles. The van der Waals surface area contributed by atoms with Crippen LogP contribution in [0.25, 0.3) is 99.8 Å². The molecule has 0 aliphatic carbocycles. The van der Waals surface area contributed by atoms with E-state index in [0.717, 1.165) is 22.3 Å². The maximum absolute atomic E-state index is 9.50. The first kappa shape index (κ1) is 33.0. The molecule has 0 amide bonds. The van der Waals surface area contributed by atoms with Crippen LogP contribution in [-0.2, 0) is 17.2 Å². The molecule has 0 aliphatic heterocycles. The van der Waals surface area contributed by atoms with Crippen molar-refractivity contribution in [2.45, 2.75) is 65.7 Å². The summed E-state index contributed by atoms with van der Waals surface area (Å²) in [6.07, 6.45) is 3.39. The van der Waals surface area contributed by atoms with Gasteiger partial charge in [-0.1, -0.05) is 200 Å². The van der Waals surface area contributed by atoms with E-state index in [1.807, 2.05) is 80.4 Å². The van der Waals surface area contributed by atoms with E-state index in [1.54, 1.807) is 48.5 Å². The number of nitrogens with zero attached hydrogens (tertiary/aromatic N) is 5. The average molecular weight is 1000 g/mol. The van der Waals surface area contributed by atoms with E-state index in [9.17, 15) is 8.22 Å². The number of benzene rings is 9. The SMILES string of the molecule is [2H]c1c([2H])c([2H])c(-c2cccc(-c3cc(C(C)(C)C)cc(C(C)(C)C)c3)c2-[n+]2[c-]n(-c3cccc(Oc4cc(-n5c6c([2H])c([2H])c([2H])c([2H])c6c6c([2H])c([2H])c([2H])c([2H])c65)c5c6ccccc6n(-c6cc(C([2H])([2H])C)ccn6)c5c4)c3)c3ccccc32)c([2H])c1[2H]. The van der Waals surface area contributed by atoms with Crippen LogP contribution in [0.4, 0.5) is 0 Å². The van der Waals surface area contributed by atoms with Gasteiger partial charge >= 0.3 is 0 Å². The zero-order valence-electron chi connectivity index (χ0n) is 57.9. The molecule has 6 heteroatoms. The van der Waals surface area contributed by atoms with Gasteiger partial charge in [0.25, 0.3) is 6.33 Å². The molecular weight excluding hydrogens is 927 g/mol. The van der Waals surface area contributed by atoms with E-state index in [-0.39, 0.29) is 61.7 Å². The average Bonchev–Trinajstić information content (AvgIpc) is 1.57. The largest absolute Gasteiger partial charge is 0.458 e. The fraction of sp³-hybridized carbons (Fsp3) is 0.143. The molecule has 370 valence electrons. The minimum absolute atomic E-state index is 0.0192. The standard InChI is InChI=1S/C70H59N5O/c1-8-46-36-37-71-66(38-46)75-61-33-17-14-28-58(61)67-64(74-59-31-15-12-26-56(59)57-27-13-16-32-60(57)74)43-53(44-65(67)75)76-52-25-20-24-51(42-52)72-45-73(63-35-19-18-34-62(63)72)68-54(47-22-10-9-11-23-47)29-21-30-55(68)48-39-49(69(2,3)4)41-50(40-48)70(5,6)7/h9-44H,8H2,1-7H3/i8D2,9D,10D,11D,12D,13D,15D,16D,22D,23D,26D,27D,31D,32D. The predicted octanol–water partition coefficient (Wildman–Crippen LogP) is 17.6. The fourth-order valence-corrected chi connectivity index (χ4v) is 10.4. The third kappa shape index (κ3) is 7.95. The van der Waals surface area contributed by atoms with Gasteiger partial charge in [-0.15, -0.1) is 0 Å². The Morgan fingerprint density at radius 1 is 0.553 bits per heavy atom. The van der Waals surface area contributed by atoms with Gasteiger partial charge in [-0.05, 0) is 105 Å². The Kier molecular flexibility index (Phi) is 7.88. The summed E-state index contributed by atoms with van der Waals surface area (Å²) in [5, 5.41) is 0.905. The smallest absolute Gasteiger partial charge is 0.269 e. The number of pyridine rings is 1. The van der Waals surface area contributed by atoms with E-state index >= 15 is 0 Å². The summed E-state index contributed by atoms with van der Waals surface area (Å²) < 4.78 is 149. The van der Waals surface area contributed by atoms with Crippen molar-refractivity contribution in [1.29, 1.82) is 0 Å². The number of hydrogen-bond acceptors (Lipinski definition) is 2. The first-order chi connectivity index (χ1) is 43.0. The Bertz CT molecular complexity index is 5140. The van der Waals surface area contributed by atoms with Crippen LogP contribution in [0.3, 0.4) is 0 Å². The first-order valence-corrected chi connectivity index (χ1v) is 25.1. The van der Waals surface area contributed by atoms with Crippen molar-refractivity contribution in [1.82, 2.24) is 18.7 Å². The molecule has 4 aromatic heterocycles. The van der Waals surface area contributed by atoms with Crippen molar-refractivity contribution in [3.63, 3.8) is 0 Å². The lowest BCUT2D eigenvalue weighted by atomic mass is 9.78. The minimum atomic E-state index is -1.78. The quantitative estimate of drug-likeness (QED) is 0.107. The normalized spacial score (nSPS) is 15.2. The number of para-hydroxylation sites is 6. The minimum Gasteiger partial charge on any atom is -0.458 e. The van der Waals surface area contributed by atoms with Gasteiger partial charge in [-0.3, -0.25) is 13.7 Å². The molecular formula is C70H59N5O. The van der Waals surface area contributed by atoms with E-state index in [2.05, 4.69) is 66.1 Å². The molecule has 0 aliphatic rings. The topological polar surface area (TPSA) is 40.8 Å². The van der Waals surface area contributed by atoms with Crippen molar-refractivity contribution in [3.8, 4) is 56.6 Å². The molecule has 6 nitrogen and oxygen atoms in total. The van der Waals surface area contributed by atoms with Crippen molar-refractivity contribution in [2.24, 2.45) is 0 Å². The van der Waals surface area contributed by atoms with Gasteiger partial charge < -0.3 is 9.30 Å². The lowest BCUT2D eigenvalue weighted by molar-refractivity contribution is -0.571. The fourth-order valence-electron chi connectivity index (χ4n) is 10.4. The molecule has 13 rings (SSSR count). The van der Waals surface area contributed by atoms with Crippen LogP contribution >= 0.6 is 0 Å². The molecule has 0 bridgehead atoms. The highest BCUT2D eigenvalue weighted by molar-refractivity contribution is 6.16. The molecule has 0 radical (unpaired) electrons. The van der Waals surface area contributed by atoms with E-state index in [0.29, 0.717) is 66.9 Å². The molecule has 0 saturated carbocycles. The zero-order chi connectivity index (χ0) is 65.0. The Hall–Kier alpha value is -9.00. The molecule has 0 atom stereocenters. The predicted molar refractivity (Wildman–Crippen MR) is 314 cm³/mol. The number of imidazole rings is 1. The van der Waals surface area contributed by atoms with Crippen LogP contribution in [0.15, 0.2) is 218 Å². The van der Waals surface area contributed by atoms with Gasteiger partial charge in [0.1, 0.15) is 17.3 Å². The molecule has 0 fully saturated rings. The second-order valence-corrected chi connectivity index (χ2v) is 21.0. The lowest BCUT2D eigenvalue weighted by Crippen LogP contribution is -2.31. The van der Waals surface area contributed by atoms with Gasteiger partial charge in [0.2, 0.25) is 0 Å². The maximum atomic E-state index is 9.50. The number of aryl methyl sites for hydroxylation is 1. The number of rotatable bonds is 9. The lowest BCUT2D eigenvalue weighted by Gasteiger charge is -2.27. The monoisotopic (exact) mass is 1000 g/mol. The Balaban J connectivity index is 1.07. The van der Waals surface area contributed by atoms with Gasteiger partial charge in [0.05, 0.1) is 68.0 Å². The number of ether oxygens (including phenoxy) is 1. The third-order valence-electron chi connectivity index (χ3n) is 14.1. The van der Waals surface area contributed by atoms with E-state index < -0.39 is 72.8 Å². The Morgan fingerprint density at radius 2 is 1.20 bits per heavy atom. The number of hydrogen-bond donors (Lipinski definition) is 0.